The molecule has 51 heavy (non-hydrogen) atoms. The van der Waals surface area contributed by atoms with Gasteiger partial charge in [0, 0.05) is 58.3 Å². The molecule has 0 saturated heterocycles. The van der Waals surface area contributed by atoms with Crippen molar-refractivity contribution in [3.05, 3.63) is 92.0 Å². The summed E-state index contributed by atoms with van der Waals surface area (Å²) in [6, 6.07) is 12.7. The molecule has 0 unspecified atom stereocenters. The number of hydrogen-bond donors (Lipinski definition) is 2. The normalized spacial score (nSPS) is 14.5. The number of halogens is 2. The number of amides is 1. The lowest BCUT2D eigenvalue weighted by atomic mass is 9.98. The van der Waals surface area contributed by atoms with Gasteiger partial charge in [-0.05, 0) is 94.5 Å². The lowest BCUT2D eigenvalue weighted by Crippen LogP contribution is -2.42. The van der Waals surface area contributed by atoms with Crippen molar-refractivity contribution >= 4 is 62.6 Å². The summed E-state index contributed by atoms with van der Waals surface area (Å²) in [5, 5.41) is 17.4. The maximum atomic E-state index is 15.0. The largest absolute Gasteiger partial charge is 0.497 e. The molecule has 0 saturated carbocycles. The number of benzene rings is 3. The molecule has 2 N–H and O–H groups in total. The van der Waals surface area contributed by atoms with Crippen molar-refractivity contribution in [2.24, 2.45) is 7.05 Å². The predicted molar refractivity (Wildman–Crippen MR) is 202 cm³/mol. The van der Waals surface area contributed by atoms with Crippen LogP contribution in [-0.4, -0.2) is 56.6 Å². The number of carbonyl (C=O) groups is 2. The van der Waals surface area contributed by atoms with Gasteiger partial charge in [0.05, 0.1) is 41.2 Å². The smallest absolute Gasteiger partial charge is 0.352 e. The summed E-state index contributed by atoms with van der Waals surface area (Å²) in [4.78, 5) is 31.7. The molecule has 4 heterocycles. The lowest BCUT2D eigenvalue weighted by molar-refractivity contribution is 0.0691. The van der Waals surface area contributed by atoms with Gasteiger partial charge in [0.1, 0.15) is 22.9 Å². The van der Waals surface area contributed by atoms with Crippen LogP contribution in [0.4, 0.5) is 5.69 Å². The van der Waals surface area contributed by atoms with E-state index >= 15 is 4.79 Å². The molecule has 1 aliphatic heterocycles. The summed E-state index contributed by atoms with van der Waals surface area (Å²) in [7, 11) is 3.46. The number of carboxylic acid groups (broad SMARTS) is 1. The SMILES string of the molecule is COc1cc(N2C[C@@H](C)n3c(c(CCCOc4cc(C)c(Cl)c(C)c4)c4ccc(Cl)c(-c5c(C)nn(C)c5C)c43)C2=O)c2[nH]c(C(=O)O)cc2c1. The maximum absolute atomic E-state index is 15.0. The second kappa shape index (κ2) is 13.0. The number of carbonyl (C=O) groups excluding carboxylic acids is 1. The number of carboxylic acids is 1. The van der Waals surface area contributed by atoms with Crippen LogP contribution in [-0.2, 0) is 13.5 Å². The van der Waals surface area contributed by atoms with Crippen LogP contribution in [0.15, 0.2) is 42.5 Å². The molecule has 12 heteroatoms. The van der Waals surface area contributed by atoms with Crippen molar-refractivity contribution in [1.29, 1.82) is 0 Å². The van der Waals surface area contributed by atoms with Gasteiger partial charge >= 0.3 is 5.97 Å². The number of aromatic amines is 1. The number of anilines is 1. The van der Waals surface area contributed by atoms with E-state index in [4.69, 9.17) is 37.8 Å². The molecule has 1 aliphatic rings. The van der Waals surface area contributed by atoms with Crippen LogP contribution in [0.2, 0.25) is 10.0 Å². The fourth-order valence-electron chi connectivity index (χ4n) is 7.58. The zero-order valence-electron chi connectivity index (χ0n) is 29.6. The molecule has 264 valence electrons. The molecule has 3 aromatic heterocycles. The van der Waals surface area contributed by atoms with Crippen molar-refractivity contribution in [2.45, 2.75) is 53.5 Å². The van der Waals surface area contributed by atoms with Crippen molar-refractivity contribution < 1.29 is 24.2 Å². The van der Waals surface area contributed by atoms with E-state index in [1.54, 1.807) is 30.2 Å². The van der Waals surface area contributed by atoms with E-state index < -0.39 is 5.97 Å². The van der Waals surface area contributed by atoms with Crippen molar-refractivity contribution in [2.75, 3.05) is 25.2 Å². The minimum absolute atomic E-state index is 0.0272. The Morgan fingerprint density at radius 1 is 1.04 bits per heavy atom. The van der Waals surface area contributed by atoms with Gasteiger partial charge in [0.25, 0.3) is 5.91 Å². The summed E-state index contributed by atoms with van der Waals surface area (Å²) in [6.45, 7) is 10.8. The summed E-state index contributed by atoms with van der Waals surface area (Å²) >= 11 is 13.5. The molecular formula is C39H39Cl2N5O5. The molecule has 0 spiro atoms. The Bertz CT molecular complexity index is 2380. The molecule has 0 aliphatic carbocycles. The molecule has 6 aromatic rings. The average molecular weight is 729 g/mol. The highest BCUT2D eigenvalue weighted by Crippen LogP contribution is 2.46. The molecule has 3 aromatic carbocycles. The first-order valence-corrected chi connectivity index (χ1v) is 17.6. The first kappa shape index (κ1) is 34.5. The second-order valence-electron chi connectivity index (χ2n) is 13.4. The Hall–Kier alpha value is -4.93. The number of hydrogen-bond acceptors (Lipinski definition) is 5. The number of H-pyrrole nitrogens is 1. The van der Waals surface area contributed by atoms with Crippen molar-refractivity contribution in [3.63, 3.8) is 0 Å². The van der Waals surface area contributed by atoms with E-state index in [1.165, 1.54) is 0 Å². The molecule has 7 rings (SSSR count). The number of aromatic carboxylic acids is 1. The second-order valence-corrected chi connectivity index (χ2v) is 14.2. The zero-order chi connectivity index (χ0) is 36.5. The van der Waals surface area contributed by atoms with Gasteiger partial charge in [-0.1, -0.05) is 29.3 Å². The number of aromatic nitrogens is 4. The fourth-order valence-corrected chi connectivity index (χ4v) is 7.94. The van der Waals surface area contributed by atoms with E-state index in [1.807, 2.05) is 63.7 Å². The van der Waals surface area contributed by atoms with Gasteiger partial charge in [0.15, 0.2) is 0 Å². The fraction of sp³-hybridized carbons (Fsp3) is 0.308. The highest BCUT2D eigenvalue weighted by Gasteiger charge is 2.37. The van der Waals surface area contributed by atoms with Gasteiger partial charge < -0.3 is 29.0 Å². The number of nitrogens with one attached hydrogen (secondary N) is 1. The first-order valence-electron chi connectivity index (χ1n) is 16.8. The van der Waals surface area contributed by atoms with Crippen LogP contribution < -0.4 is 14.4 Å². The van der Waals surface area contributed by atoms with Gasteiger partial charge in [-0.3, -0.25) is 9.48 Å². The third kappa shape index (κ3) is 5.70. The summed E-state index contributed by atoms with van der Waals surface area (Å²) < 4.78 is 15.8. The van der Waals surface area contributed by atoms with Crippen LogP contribution in [0.1, 0.15) is 68.4 Å². The molecule has 0 fully saturated rings. The van der Waals surface area contributed by atoms with Gasteiger partial charge in [-0.2, -0.15) is 5.10 Å². The Morgan fingerprint density at radius 2 is 1.76 bits per heavy atom. The van der Waals surface area contributed by atoms with Crippen LogP contribution in [0, 0.1) is 27.7 Å². The van der Waals surface area contributed by atoms with E-state index in [2.05, 4.69) is 16.5 Å². The quantitative estimate of drug-likeness (QED) is 0.144. The predicted octanol–water partition coefficient (Wildman–Crippen LogP) is 9.00. The number of fused-ring (bicyclic) bond motifs is 4. The van der Waals surface area contributed by atoms with E-state index in [0.717, 1.165) is 60.9 Å². The molecular weight excluding hydrogens is 689 g/mol. The van der Waals surface area contributed by atoms with E-state index in [9.17, 15) is 9.90 Å². The average Bonchev–Trinajstić information content (AvgIpc) is 3.75. The molecule has 0 bridgehead atoms. The number of rotatable bonds is 9. The topological polar surface area (TPSA) is 115 Å². The Labute approximate surface area is 305 Å². The van der Waals surface area contributed by atoms with Crippen molar-refractivity contribution in [3.8, 4) is 22.6 Å². The minimum atomic E-state index is -1.09. The molecule has 0 radical (unpaired) electrons. The lowest BCUT2D eigenvalue weighted by Gasteiger charge is -2.34. The molecule has 1 atom stereocenters. The molecule has 10 nitrogen and oxygen atoms in total. The summed E-state index contributed by atoms with van der Waals surface area (Å²) in [6.07, 6.45) is 1.20. The third-order valence-electron chi connectivity index (χ3n) is 10.0. The van der Waals surface area contributed by atoms with Gasteiger partial charge in [0.2, 0.25) is 0 Å². The monoisotopic (exact) mass is 727 g/mol. The number of methoxy groups -OCH3 is 1. The van der Waals surface area contributed by atoms with Gasteiger partial charge in [-0.25, -0.2) is 4.79 Å². The van der Waals surface area contributed by atoms with Crippen molar-refractivity contribution in [1.82, 2.24) is 19.3 Å². The standard InChI is InChI=1S/C39H39Cl2N5O5/c1-19-13-26(14-20(2)34(19)41)51-12-8-9-27-28-10-11-29(40)33(32-22(4)43-44(6)23(32)5)36(28)46-21(3)18-45(38(47)37(27)46)31-17-25(50-7)15-24-16-30(39(48)49)42-35(24)31/h10-11,13-17,21,42H,8-9,12,18H2,1-7H3,(H,48,49)/t21-/m1/s1. The highest BCUT2D eigenvalue weighted by molar-refractivity contribution is 6.35. The van der Waals surface area contributed by atoms with E-state index in [-0.39, 0.29) is 17.6 Å². The number of nitrogens with zero attached hydrogens (tertiary/aromatic N) is 4. The maximum Gasteiger partial charge on any atom is 0.352 e. The zero-order valence-corrected chi connectivity index (χ0v) is 31.1. The van der Waals surface area contributed by atoms with Crippen LogP contribution >= 0.6 is 23.2 Å². The highest BCUT2D eigenvalue weighted by atomic mass is 35.5. The van der Waals surface area contributed by atoms with Crippen LogP contribution in [0.25, 0.3) is 32.9 Å². The Kier molecular flexibility index (Phi) is 8.80. The van der Waals surface area contributed by atoms with Crippen LogP contribution in [0.5, 0.6) is 11.5 Å². The Morgan fingerprint density at radius 3 is 2.41 bits per heavy atom. The first-order chi connectivity index (χ1) is 24.3. The minimum Gasteiger partial charge on any atom is -0.497 e. The van der Waals surface area contributed by atoms with Crippen LogP contribution in [0.3, 0.4) is 0 Å². The third-order valence-corrected chi connectivity index (χ3v) is 10.9. The molecule has 1 amide bonds. The van der Waals surface area contributed by atoms with E-state index in [0.29, 0.717) is 59.0 Å². The van der Waals surface area contributed by atoms with Gasteiger partial charge in [-0.15, -0.1) is 0 Å². The number of aryl methyl sites for hydroxylation is 5. The summed E-state index contributed by atoms with van der Waals surface area (Å²) in [5.41, 5.74) is 8.98. The number of ether oxygens (including phenoxy) is 2. The summed E-state index contributed by atoms with van der Waals surface area (Å²) in [5.74, 6) is -0.0266. The Balaban J connectivity index is 1.39.